The minimum Gasteiger partial charge on any atom is -0.321 e. The van der Waals surface area contributed by atoms with Gasteiger partial charge in [-0.15, -0.1) is 8.67 Å². The van der Waals surface area contributed by atoms with Crippen LogP contribution in [0.2, 0.25) is 0 Å². The summed E-state index contributed by atoms with van der Waals surface area (Å²) in [7, 11) is -20.8. The van der Waals surface area contributed by atoms with Crippen LogP contribution in [0.5, 0.6) is 0 Å². The van der Waals surface area contributed by atoms with E-state index in [0.29, 0.717) is 42.3 Å². The van der Waals surface area contributed by atoms with Gasteiger partial charge in [-0.1, -0.05) is 22.2 Å². The van der Waals surface area contributed by atoms with E-state index in [0.717, 1.165) is 24.3 Å². The molecule has 31 heteroatoms. The van der Waals surface area contributed by atoms with Gasteiger partial charge in [0.2, 0.25) is 0 Å². The second kappa shape index (κ2) is 19.5. The molecular formula is C35H26N4O21S6. The van der Waals surface area contributed by atoms with Crippen LogP contribution in [-0.2, 0) is 59.2 Å². The zero-order chi connectivity index (χ0) is 48.4. The van der Waals surface area contributed by atoms with Crippen LogP contribution in [0, 0.1) is 0 Å². The van der Waals surface area contributed by atoms with Crippen LogP contribution in [0.4, 0.5) is 27.5 Å². The lowest BCUT2D eigenvalue weighted by molar-refractivity contribution is -0.432. The van der Waals surface area contributed by atoms with Crippen molar-refractivity contribution in [2.24, 2.45) is 0 Å². The summed E-state index contributed by atoms with van der Waals surface area (Å²) in [6.45, 7) is 0. The Kier molecular flexibility index (Phi) is 14.7. The smallest absolute Gasteiger partial charge is 0.321 e. The summed E-state index contributed by atoms with van der Waals surface area (Å²) in [5.74, 6) is -1.84. The molecular weight excluding hydrogens is 1000 g/mol. The number of hydrogen-bond acceptors (Lipinski definition) is 19. The first-order valence-electron chi connectivity index (χ1n) is 17.2. The Morgan fingerprint density at radius 2 is 0.955 bits per heavy atom. The van der Waals surface area contributed by atoms with E-state index in [9.17, 15) is 66.3 Å². The number of anilines is 4. The van der Waals surface area contributed by atoms with E-state index in [4.69, 9.17) is 10.5 Å². The van der Waals surface area contributed by atoms with E-state index in [-0.39, 0.29) is 48.8 Å². The van der Waals surface area contributed by atoms with Crippen molar-refractivity contribution in [3.8, 4) is 0 Å². The number of carbonyl (C=O) groups excluding carboxylic acids is 3. The highest BCUT2D eigenvalue weighted by atomic mass is 32.2. The van der Waals surface area contributed by atoms with Crippen molar-refractivity contribution in [3.05, 3.63) is 108 Å². The Morgan fingerprint density at radius 3 is 1.42 bits per heavy atom. The van der Waals surface area contributed by atoms with Gasteiger partial charge >= 0.3 is 6.03 Å². The molecule has 348 valence electrons. The van der Waals surface area contributed by atoms with Gasteiger partial charge in [-0.3, -0.25) is 27.8 Å². The first kappa shape index (κ1) is 49.6. The van der Waals surface area contributed by atoms with Gasteiger partial charge in [0.15, 0.2) is 0 Å². The molecule has 0 aliphatic carbocycles. The van der Waals surface area contributed by atoms with E-state index in [1.807, 2.05) is 0 Å². The molecule has 0 saturated carbocycles. The number of benzene rings is 6. The molecule has 0 aliphatic heterocycles. The highest BCUT2D eigenvalue weighted by Gasteiger charge is 2.28. The van der Waals surface area contributed by atoms with Gasteiger partial charge < -0.3 is 21.3 Å². The van der Waals surface area contributed by atoms with E-state index >= 15 is 0 Å². The molecule has 0 radical (unpaired) electrons. The Bertz CT molecular complexity index is 3430. The fraction of sp³-hybridized carbons (Fsp3) is 0. The molecule has 6 aromatic carbocycles. The summed E-state index contributed by atoms with van der Waals surface area (Å²) in [6.07, 6.45) is 0. The number of rotatable bonds is 16. The SMILES string of the molecule is O=C(Nc1cccc(C(=O)Nc2ccc(S(=O)(=O)O)c3cc(SOOO)cc(SOOO)c23)c1)Nc1cccc(C(=O)Nc2ccc(S(=O)(=O)O)c3cc(S(=O)(=O)O)cc(S(=O)(=O)O)c23)c1. The summed E-state index contributed by atoms with van der Waals surface area (Å²) in [6, 6.07) is 16.4. The standard InChI is InChI=1S/C35H26N4O21S6/c40-33(38-25-7-9-28(64(48,49)50)23-13-21(61-59-57-43)14-27(31(23)25)62-60-58-44)17-3-1-5-19(11-17)36-35(42)37-20-6-2-4-18(12-20)34(41)39-26-8-10-29(65(51,52)53)24-15-22(63(45,46)47)16-30(32(24)26)66(54,55)56/h1-16,43-44H,(H,38,40)(H,39,41)(H2,36,37,42)(H,45,46,47)(H,48,49,50)(H,51,52,53)(H,54,55,56). The van der Waals surface area contributed by atoms with Crippen LogP contribution in [0.3, 0.4) is 0 Å². The average Bonchev–Trinajstić information content (AvgIpc) is 3.23. The molecule has 6 aromatic rings. The van der Waals surface area contributed by atoms with Crippen molar-refractivity contribution in [2.75, 3.05) is 21.3 Å². The first-order valence-corrected chi connectivity index (χ1v) is 24.4. The zero-order valence-electron chi connectivity index (χ0n) is 32.0. The predicted molar refractivity (Wildman–Crippen MR) is 230 cm³/mol. The van der Waals surface area contributed by atoms with E-state index in [1.54, 1.807) is 0 Å². The largest absolute Gasteiger partial charge is 0.323 e. The summed E-state index contributed by atoms with van der Waals surface area (Å²) in [4.78, 5) is 36.0. The lowest BCUT2D eigenvalue weighted by Gasteiger charge is -2.16. The van der Waals surface area contributed by atoms with Crippen LogP contribution >= 0.6 is 24.1 Å². The Hall–Kier alpha value is -5.85. The molecule has 0 fully saturated rings. The number of hydrogen-bond donors (Lipinski definition) is 10. The third kappa shape index (κ3) is 11.6. The fourth-order valence-corrected chi connectivity index (χ4v) is 10.00. The molecule has 0 saturated heterocycles. The van der Waals surface area contributed by atoms with Gasteiger partial charge in [-0.05, 0) is 84.9 Å². The number of urea groups is 1. The van der Waals surface area contributed by atoms with Gasteiger partial charge in [0.25, 0.3) is 52.3 Å². The molecule has 0 aromatic heterocycles. The molecule has 0 aliphatic rings. The lowest BCUT2D eigenvalue weighted by atomic mass is 10.1. The van der Waals surface area contributed by atoms with E-state index in [2.05, 4.69) is 40.0 Å². The van der Waals surface area contributed by atoms with Crippen molar-refractivity contribution in [1.29, 1.82) is 0 Å². The number of amides is 4. The van der Waals surface area contributed by atoms with Crippen LogP contribution < -0.4 is 21.3 Å². The number of carbonyl (C=O) groups is 3. The zero-order valence-corrected chi connectivity index (χ0v) is 36.9. The third-order valence-electron chi connectivity index (χ3n) is 8.73. The summed E-state index contributed by atoms with van der Waals surface area (Å²) in [5, 5.41) is 32.5. The molecule has 66 heavy (non-hydrogen) atoms. The van der Waals surface area contributed by atoms with Gasteiger partial charge in [0, 0.05) is 53.8 Å². The van der Waals surface area contributed by atoms with Gasteiger partial charge in [0.1, 0.15) is 14.7 Å². The molecule has 0 spiro atoms. The number of nitrogens with one attached hydrogen (secondary N) is 4. The minimum atomic E-state index is -5.42. The molecule has 10 N–H and O–H groups in total. The van der Waals surface area contributed by atoms with Crippen molar-refractivity contribution in [2.45, 2.75) is 29.4 Å². The summed E-state index contributed by atoms with van der Waals surface area (Å²) >= 11 is 0.742. The van der Waals surface area contributed by atoms with E-state index < -0.39 is 94.4 Å². The van der Waals surface area contributed by atoms with Gasteiger partial charge in [-0.25, -0.2) is 15.3 Å². The van der Waals surface area contributed by atoms with Gasteiger partial charge in [0.05, 0.1) is 40.4 Å². The quantitative estimate of drug-likeness (QED) is 0.0230. The maximum absolute atomic E-state index is 13.6. The van der Waals surface area contributed by atoms with Crippen LogP contribution in [-0.4, -0.2) is 80.2 Å². The lowest BCUT2D eigenvalue weighted by Crippen LogP contribution is -2.20. The first-order chi connectivity index (χ1) is 30.9. The Balaban J connectivity index is 1.23. The highest BCUT2D eigenvalue weighted by molar-refractivity contribution is 7.95. The predicted octanol–water partition coefficient (Wildman–Crippen LogP) is 5.99. The number of fused-ring (bicyclic) bond motifs is 2. The van der Waals surface area contributed by atoms with Gasteiger partial charge in [-0.2, -0.15) is 33.7 Å². The highest BCUT2D eigenvalue weighted by Crippen LogP contribution is 2.41. The van der Waals surface area contributed by atoms with Crippen molar-refractivity contribution in [1.82, 2.24) is 0 Å². The topological polar surface area (TPSA) is 394 Å². The third-order valence-corrected chi connectivity index (χ3v) is 13.5. The molecule has 6 rings (SSSR count). The van der Waals surface area contributed by atoms with Crippen molar-refractivity contribution >= 4 is 127 Å². The van der Waals surface area contributed by atoms with Crippen molar-refractivity contribution in [3.63, 3.8) is 0 Å². The average molecular weight is 1030 g/mol. The molecule has 25 nitrogen and oxygen atoms in total. The molecule has 0 atom stereocenters. The van der Waals surface area contributed by atoms with Crippen LogP contribution in [0.1, 0.15) is 20.7 Å². The van der Waals surface area contributed by atoms with Crippen molar-refractivity contribution < 1.29 is 95.5 Å². The molecule has 0 heterocycles. The minimum absolute atomic E-state index is 0.0153. The Morgan fingerprint density at radius 1 is 0.485 bits per heavy atom. The maximum atomic E-state index is 13.6. The monoisotopic (exact) mass is 1030 g/mol. The maximum Gasteiger partial charge on any atom is 0.323 e. The summed E-state index contributed by atoms with van der Waals surface area (Å²) < 4.78 is 146. The molecule has 4 amide bonds. The second-order valence-electron chi connectivity index (χ2n) is 12.9. The normalized spacial score (nSPS) is 12.2. The summed E-state index contributed by atoms with van der Waals surface area (Å²) in [5.41, 5.74) is -0.817. The van der Waals surface area contributed by atoms with Crippen LogP contribution in [0.15, 0.2) is 126 Å². The molecule has 0 unspecified atom stereocenters. The fourth-order valence-electron chi connectivity index (χ4n) is 6.18. The van der Waals surface area contributed by atoms with E-state index in [1.165, 1.54) is 54.6 Å². The Labute approximate surface area is 379 Å². The second-order valence-corrected chi connectivity index (χ2v) is 20.0. The molecule has 0 bridgehead atoms. The van der Waals surface area contributed by atoms with Crippen LogP contribution in [0.25, 0.3) is 21.5 Å².